The zero-order valence-corrected chi connectivity index (χ0v) is 29.2. The van der Waals surface area contributed by atoms with Crippen LogP contribution in [0.3, 0.4) is 0 Å². The Morgan fingerprint density at radius 1 is 0.585 bits per heavy atom. The number of hydrogen-bond acceptors (Lipinski definition) is 2. The third kappa shape index (κ3) is 27.7. The number of halogens is 1. The van der Waals surface area contributed by atoms with Crippen LogP contribution in [0.5, 0.6) is 0 Å². The molecule has 0 amide bonds. The number of aryl methyl sites for hydroxylation is 1. The van der Waals surface area contributed by atoms with Crippen molar-refractivity contribution in [3.05, 3.63) is 35.9 Å². The lowest BCUT2D eigenvalue weighted by atomic mass is 10.0. The predicted octanol–water partition coefficient (Wildman–Crippen LogP) is 7.84. The summed E-state index contributed by atoms with van der Waals surface area (Å²) in [6, 6.07) is 10.9. The Bertz CT molecular complexity index is 679. The second kappa shape index (κ2) is 29.2. The minimum atomic E-state index is 0. The van der Waals surface area contributed by atoms with Crippen molar-refractivity contribution in [1.82, 2.24) is 0 Å². The molecular formula is C37H68BrNO2. The molecule has 240 valence electrons. The average molecular weight is 639 g/mol. The number of esters is 1. The van der Waals surface area contributed by atoms with Gasteiger partial charge in [0, 0.05) is 6.42 Å². The molecule has 4 heteroatoms. The highest BCUT2D eigenvalue weighted by molar-refractivity contribution is 5.69. The van der Waals surface area contributed by atoms with E-state index in [4.69, 9.17) is 4.74 Å². The van der Waals surface area contributed by atoms with E-state index in [0.717, 1.165) is 23.9 Å². The van der Waals surface area contributed by atoms with E-state index >= 15 is 0 Å². The van der Waals surface area contributed by atoms with Crippen molar-refractivity contribution in [2.45, 2.75) is 161 Å². The number of quaternary nitrogens is 1. The molecule has 0 aromatic heterocycles. The second-order valence-electron chi connectivity index (χ2n) is 13.0. The lowest BCUT2D eigenvalue weighted by Gasteiger charge is -2.29. The number of carbonyl (C=O) groups excluding carboxylic acids is 1. The van der Waals surface area contributed by atoms with Crippen LogP contribution in [0.25, 0.3) is 0 Å². The molecule has 3 nitrogen and oxygen atoms in total. The van der Waals surface area contributed by atoms with Crippen LogP contribution in [0.2, 0.25) is 0 Å². The molecule has 0 N–H and O–H groups in total. The van der Waals surface area contributed by atoms with Gasteiger partial charge in [0.05, 0.1) is 20.6 Å². The number of ether oxygens (including phenoxy) is 1. The van der Waals surface area contributed by atoms with Crippen molar-refractivity contribution >= 4 is 5.97 Å². The summed E-state index contributed by atoms with van der Waals surface area (Å²) >= 11 is 0. The van der Waals surface area contributed by atoms with E-state index in [2.05, 4.69) is 51.4 Å². The van der Waals surface area contributed by atoms with Crippen LogP contribution < -0.4 is 17.0 Å². The van der Waals surface area contributed by atoms with Crippen LogP contribution in [-0.4, -0.2) is 44.2 Å². The standard InChI is InChI=1S/C37H68NO2.BrH/c1-4-5-6-7-8-9-16-19-22-28-33-38(2,3)34-35-40-37(39)32-27-21-18-15-13-11-10-12-14-17-20-24-29-36-30-25-23-26-31-36;/h23,25-26,30-31H,4-22,24,27-29,32-35H2,1-3H3;1H/q+1;/p-1. The molecule has 0 fully saturated rings. The van der Waals surface area contributed by atoms with Crippen molar-refractivity contribution in [3.8, 4) is 0 Å². The molecule has 41 heavy (non-hydrogen) atoms. The van der Waals surface area contributed by atoms with Gasteiger partial charge in [0.2, 0.25) is 0 Å². The minimum absolute atomic E-state index is 0. The average Bonchev–Trinajstić information content (AvgIpc) is 2.94. The topological polar surface area (TPSA) is 26.3 Å². The van der Waals surface area contributed by atoms with Gasteiger partial charge in [0.1, 0.15) is 13.2 Å². The summed E-state index contributed by atoms with van der Waals surface area (Å²) in [5.74, 6) is 0.00250. The maximum absolute atomic E-state index is 12.1. The van der Waals surface area contributed by atoms with Gasteiger partial charge in [-0.3, -0.25) is 4.79 Å². The number of likely N-dealkylation sites (N-methyl/N-ethyl adjacent to an activating group) is 1. The lowest BCUT2D eigenvalue weighted by Crippen LogP contribution is -3.00. The molecule has 0 aliphatic heterocycles. The molecule has 1 rings (SSSR count). The van der Waals surface area contributed by atoms with Gasteiger partial charge in [-0.1, -0.05) is 153 Å². The SMILES string of the molecule is CCCCCCCCCCCC[N+](C)(C)CCOC(=O)CCCCCCCCCCCCCCc1ccccc1.[Br-]. The van der Waals surface area contributed by atoms with E-state index in [1.807, 2.05) is 0 Å². The van der Waals surface area contributed by atoms with Gasteiger partial charge in [0.15, 0.2) is 0 Å². The fourth-order valence-corrected chi connectivity index (χ4v) is 5.63. The normalized spacial score (nSPS) is 11.4. The number of unbranched alkanes of at least 4 members (excludes halogenated alkanes) is 20. The van der Waals surface area contributed by atoms with Crippen LogP contribution in [-0.2, 0) is 16.0 Å². The fraction of sp³-hybridized carbons (Fsp3) is 0.811. The molecule has 0 aliphatic rings. The van der Waals surface area contributed by atoms with Crippen molar-refractivity contribution in [2.24, 2.45) is 0 Å². The van der Waals surface area contributed by atoms with Gasteiger partial charge in [-0.15, -0.1) is 0 Å². The summed E-state index contributed by atoms with van der Waals surface area (Å²) in [5.41, 5.74) is 1.48. The first-order valence-corrected chi connectivity index (χ1v) is 17.5. The number of hydrogen-bond donors (Lipinski definition) is 0. The molecule has 0 saturated heterocycles. The molecule has 0 radical (unpaired) electrons. The Balaban J connectivity index is 0.0000160. The monoisotopic (exact) mass is 637 g/mol. The summed E-state index contributed by atoms with van der Waals surface area (Å²) < 4.78 is 6.51. The molecule has 0 spiro atoms. The molecule has 0 unspecified atom stereocenters. The van der Waals surface area contributed by atoms with Crippen molar-refractivity contribution in [1.29, 1.82) is 0 Å². The highest BCUT2D eigenvalue weighted by atomic mass is 79.9. The smallest absolute Gasteiger partial charge is 0.305 e. The summed E-state index contributed by atoms with van der Waals surface area (Å²) in [5, 5.41) is 0. The molecule has 0 aliphatic carbocycles. The zero-order valence-electron chi connectivity index (χ0n) is 27.6. The van der Waals surface area contributed by atoms with E-state index in [9.17, 15) is 4.79 Å². The van der Waals surface area contributed by atoms with Gasteiger partial charge in [-0.25, -0.2) is 0 Å². The Morgan fingerprint density at radius 2 is 1.02 bits per heavy atom. The van der Waals surface area contributed by atoms with Crippen molar-refractivity contribution in [2.75, 3.05) is 33.8 Å². The van der Waals surface area contributed by atoms with Crippen molar-refractivity contribution < 1.29 is 31.0 Å². The van der Waals surface area contributed by atoms with Crippen molar-refractivity contribution in [3.63, 3.8) is 0 Å². The Kier molecular flexibility index (Phi) is 28.6. The van der Waals surface area contributed by atoms with E-state index in [0.29, 0.717) is 13.0 Å². The Labute approximate surface area is 267 Å². The van der Waals surface area contributed by atoms with Crippen LogP contribution in [0.15, 0.2) is 30.3 Å². The summed E-state index contributed by atoms with van der Waals surface area (Å²) in [7, 11) is 4.55. The van der Waals surface area contributed by atoms with Crippen LogP contribution >= 0.6 is 0 Å². The first kappa shape index (κ1) is 40.1. The Morgan fingerprint density at radius 3 is 1.54 bits per heavy atom. The maximum atomic E-state index is 12.1. The van der Waals surface area contributed by atoms with Gasteiger partial charge in [-0.05, 0) is 37.7 Å². The number of nitrogens with zero attached hydrogens (tertiary/aromatic N) is 1. The summed E-state index contributed by atoms with van der Waals surface area (Å²) in [4.78, 5) is 12.1. The molecule has 0 heterocycles. The maximum Gasteiger partial charge on any atom is 0.305 e. The van der Waals surface area contributed by atoms with Gasteiger partial charge >= 0.3 is 5.97 Å². The first-order valence-electron chi connectivity index (χ1n) is 17.5. The van der Waals surface area contributed by atoms with E-state index < -0.39 is 0 Å². The highest BCUT2D eigenvalue weighted by Gasteiger charge is 2.15. The lowest BCUT2D eigenvalue weighted by molar-refractivity contribution is -0.890. The zero-order chi connectivity index (χ0) is 29.0. The number of rotatable bonds is 29. The van der Waals surface area contributed by atoms with Gasteiger partial charge < -0.3 is 26.2 Å². The first-order chi connectivity index (χ1) is 19.5. The van der Waals surface area contributed by atoms with Gasteiger partial charge in [0.25, 0.3) is 0 Å². The van der Waals surface area contributed by atoms with E-state index in [-0.39, 0.29) is 23.0 Å². The summed E-state index contributed by atoms with van der Waals surface area (Å²) in [6.45, 7) is 4.96. The molecule has 1 aromatic carbocycles. The molecule has 0 bridgehead atoms. The minimum Gasteiger partial charge on any atom is -1.00 e. The van der Waals surface area contributed by atoms with Crippen LogP contribution in [0.4, 0.5) is 0 Å². The summed E-state index contributed by atoms with van der Waals surface area (Å²) in [6.07, 6.45) is 31.3. The molecule has 1 aromatic rings. The third-order valence-corrected chi connectivity index (χ3v) is 8.52. The predicted molar refractivity (Wildman–Crippen MR) is 175 cm³/mol. The molecule has 0 saturated carbocycles. The quantitative estimate of drug-likeness (QED) is 0.0508. The Hall–Kier alpha value is -0.870. The third-order valence-electron chi connectivity index (χ3n) is 8.52. The van der Waals surface area contributed by atoms with Crippen LogP contribution in [0, 0.1) is 0 Å². The molecule has 0 atom stereocenters. The van der Waals surface area contributed by atoms with Gasteiger partial charge in [-0.2, -0.15) is 0 Å². The number of benzene rings is 1. The molecular weight excluding hydrogens is 570 g/mol. The number of carbonyl (C=O) groups is 1. The van der Waals surface area contributed by atoms with E-state index in [1.165, 1.54) is 147 Å². The van der Waals surface area contributed by atoms with E-state index in [1.54, 1.807) is 0 Å². The fourth-order valence-electron chi connectivity index (χ4n) is 5.63. The van der Waals surface area contributed by atoms with Crippen LogP contribution in [0.1, 0.15) is 160 Å². The largest absolute Gasteiger partial charge is 1.00 e. The highest BCUT2D eigenvalue weighted by Crippen LogP contribution is 2.15. The second-order valence-corrected chi connectivity index (χ2v) is 13.0.